The van der Waals surface area contributed by atoms with Crippen molar-refractivity contribution in [1.29, 1.82) is 0 Å². The van der Waals surface area contributed by atoms with Gasteiger partial charge >= 0.3 is 0 Å². The molecule has 804 valence electrons. The lowest BCUT2D eigenvalue weighted by atomic mass is 9.63. The van der Waals surface area contributed by atoms with Crippen LogP contribution in [-0.4, -0.2) is 288 Å². The number of hydrogen-bond donors (Lipinski definition) is 0. The van der Waals surface area contributed by atoms with E-state index in [2.05, 4.69) is 225 Å². The lowest BCUT2D eigenvalue weighted by molar-refractivity contribution is -0.0758. The van der Waals surface area contributed by atoms with Crippen LogP contribution in [0.25, 0.3) is 0 Å². The highest BCUT2D eigenvalue weighted by Crippen LogP contribution is 2.58. The van der Waals surface area contributed by atoms with Crippen LogP contribution in [0.4, 0.5) is 0 Å². The Hall–Kier alpha value is -0.480. The standard InChI is InChI=1S/C13H25N.2C12H23N.3C11H21N.3C10H19N.2C9H17N.C8H15N/c1-12(2)14-10-8-13(9-11-14)6-4-3-5-7-13;1-11(2)13-9-7-12(8-10-13)5-3-4-6-12;1-11(2)13-9-8-12(10-13)6-4-3-5-7-12;1-10(2)12-8-6-11(7-9-12)4-3-5-11;1-10(2)12-8-7-11(9-12)5-3-4-6-11;1-10(2)12-8-11(9-12)6-4-3-5-7-11;1-9(2)11-7-5-10(3-4-10)6-8-11;1-9(2)11-7-6-10(8-11)4-3-5-10;1-9(2)11-7-10(8-11)5-3-4-6-10;1-8(2)10-6-5-9(7-10)3-4-9;1-8(2)10-6-9(7-10)4-3-5-9;1-7(2)9-5-8(6-9)3-4-8/h12H,3-11H2,1-2H3;2*11H,3-10H2,1-2H3;3*10H,3-9H2,1-2H3;3*9H,3-8H2,1-2H3;2*8H,3-7H2,1-2H3;7H,3-6H2,1-2H3. The Morgan fingerprint density at radius 2 is 0.203 bits per heavy atom. The molecule has 0 N–H and O–H groups in total. The van der Waals surface area contributed by atoms with E-state index in [1.165, 1.54) is 504 Å². The minimum absolute atomic E-state index is 0.752. The minimum Gasteiger partial charge on any atom is -0.301 e. The molecular weight excluding hydrogens is 1680 g/mol. The highest BCUT2D eigenvalue weighted by atomic mass is 15.3. The van der Waals surface area contributed by atoms with Gasteiger partial charge in [-0.05, 0) is 541 Å². The predicted molar refractivity (Wildman–Crippen MR) is 599 cm³/mol. The Bertz CT molecular complexity index is 3340. The van der Waals surface area contributed by atoms with Crippen LogP contribution in [0.15, 0.2) is 0 Å². The molecule has 0 unspecified atom stereocenters. The van der Waals surface area contributed by atoms with Crippen molar-refractivity contribution in [3.63, 3.8) is 0 Å². The van der Waals surface area contributed by atoms with Crippen molar-refractivity contribution in [2.24, 2.45) is 65.0 Å². The molecule has 0 bridgehead atoms. The lowest BCUT2D eigenvalue weighted by Crippen LogP contribution is -2.61. The fourth-order valence-electron chi connectivity index (χ4n) is 31.2. The van der Waals surface area contributed by atoms with E-state index in [4.69, 9.17) is 0 Å². The first-order valence-electron chi connectivity index (χ1n) is 62.5. The van der Waals surface area contributed by atoms with Crippen LogP contribution in [0.5, 0.6) is 0 Å². The van der Waals surface area contributed by atoms with E-state index in [-0.39, 0.29) is 0 Å². The number of rotatable bonds is 12. The van der Waals surface area contributed by atoms with Gasteiger partial charge < -0.3 is 39.2 Å². The zero-order valence-corrected chi connectivity index (χ0v) is 97.4. The van der Waals surface area contributed by atoms with Gasteiger partial charge in [0.2, 0.25) is 0 Å². The largest absolute Gasteiger partial charge is 0.301 e. The lowest BCUT2D eigenvalue weighted by Gasteiger charge is -2.57. The number of hydrogen-bond acceptors (Lipinski definition) is 12. The second kappa shape index (κ2) is 51.1. The summed E-state index contributed by atoms with van der Waals surface area (Å²) in [6.45, 7) is 88.6. The smallest absolute Gasteiger partial charge is 0.00532 e. The van der Waals surface area contributed by atoms with Gasteiger partial charge in [0.25, 0.3) is 0 Å². The summed E-state index contributed by atoms with van der Waals surface area (Å²) in [6.07, 6.45) is 81.0. The first-order chi connectivity index (χ1) is 65.6. The van der Waals surface area contributed by atoms with Crippen LogP contribution in [0.2, 0.25) is 0 Å². The molecular formula is C126H240N12. The molecule has 12 aliphatic carbocycles. The average molecular weight is 1920 g/mol. The number of likely N-dealkylation sites (tertiary alicyclic amines) is 12. The maximum atomic E-state index is 2.67. The molecule has 0 amide bonds. The molecule has 12 spiro atoms. The van der Waals surface area contributed by atoms with Crippen molar-refractivity contribution in [2.75, 3.05) is 157 Å². The summed E-state index contributed by atoms with van der Waals surface area (Å²) in [7, 11) is 0. The molecule has 12 heteroatoms. The second-order valence-corrected chi connectivity index (χ2v) is 58.1. The minimum atomic E-state index is 0.752. The molecule has 12 saturated carbocycles. The van der Waals surface area contributed by atoms with Gasteiger partial charge in [-0.15, -0.1) is 0 Å². The van der Waals surface area contributed by atoms with E-state index in [0.29, 0.717) is 0 Å². The molecule has 138 heavy (non-hydrogen) atoms. The third-order valence-corrected chi connectivity index (χ3v) is 44.2. The highest BCUT2D eigenvalue weighted by Gasteiger charge is 2.55. The zero-order valence-electron chi connectivity index (χ0n) is 97.4. The van der Waals surface area contributed by atoms with Gasteiger partial charge in [-0.25, -0.2) is 0 Å². The fraction of sp³-hybridized carbons (Fsp3) is 1.00. The normalized spacial score (nSPS) is 29.5. The molecule has 24 rings (SSSR count). The average Bonchev–Trinajstić information content (AvgIpc) is 1.61. The van der Waals surface area contributed by atoms with Gasteiger partial charge in [-0.1, -0.05) is 116 Å². The van der Waals surface area contributed by atoms with Crippen molar-refractivity contribution in [3.8, 4) is 0 Å². The van der Waals surface area contributed by atoms with Gasteiger partial charge in [0, 0.05) is 151 Å². The monoisotopic (exact) mass is 1920 g/mol. The van der Waals surface area contributed by atoms with E-state index in [1.807, 2.05) is 0 Å². The fourth-order valence-corrected chi connectivity index (χ4v) is 31.2. The summed E-state index contributed by atoms with van der Waals surface area (Å²) >= 11 is 0. The summed E-state index contributed by atoms with van der Waals surface area (Å²) in [5.74, 6) is 0. The van der Waals surface area contributed by atoms with Crippen molar-refractivity contribution in [2.45, 2.75) is 585 Å². The molecule has 12 heterocycles. The van der Waals surface area contributed by atoms with Crippen LogP contribution < -0.4 is 0 Å². The maximum absolute atomic E-state index is 2.67. The molecule has 12 aliphatic heterocycles. The number of nitrogens with zero attached hydrogens (tertiary/aromatic N) is 12. The van der Waals surface area contributed by atoms with Crippen LogP contribution >= 0.6 is 0 Å². The topological polar surface area (TPSA) is 38.9 Å². The second-order valence-electron chi connectivity index (χ2n) is 58.1. The van der Waals surface area contributed by atoms with E-state index in [9.17, 15) is 0 Å². The molecule has 12 nitrogen and oxygen atoms in total. The molecule has 0 atom stereocenters. The van der Waals surface area contributed by atoms with Crippen LogP contribution in [0.3, 0.4) is 0 Å². The van der Waals surface area contributed by atoms with Crippen LogP contribution in [0, 0.1) is 65.0 Å². The van der Waals surface area contributed by atoms with Crippen molar-refractivity contribution >= 4 is 0 Å². The Morgan fingerprint density at radius 1 is 0.0942 bits per heavy atom. The summed E-state index contributed by atoms with van der Waals surface area (Å²) in [5, 5.41) is 0. The quantitative estimate of drug-likeness (QED) is 0.187. The van der Waals surface area contributed by atoms with E-state index < -0.39 is 0 Å². The van der Waals surface area contributed by atoms with Crippen molar-refractivity contribution in [3.05, 3.63) is 0 Å². The van der Waals surface area contributed by atoms with Gasteiger partial charge in [0.05, 0.1) is 0 Å². The van der Waals surface area contributed by atoms with Gasteiger partial charge in [-0.2, -0.15) is 0 Å². The Balaban J connectivity index is 0.000000127. The Kier molecular flexibility index (Phi) is 42.4. The van der Waals surface area contributed by atoms with Crippen LogP contribution in [0.1, 0.15) is 513 Å². The van der Waals surface area contributed by atoms with Crippen LogP contribution in [-0.2, 0) is 0 Å². The Labute approximate surface area is 860 Å². The molecule has 0 radical (unpaired) electrons. The van der Waals surface area contributed by atoms with E-state index in [1.54, 1.807) is 0 Å². The molecule has 12 saturated heterocycles. The zero-order chi connectivity index (χ0) is 99.0. The third kappa shape index (κ3) is 32.3. The van der Waals surface area contributed by atoms with Gasteiger partial charge in [0.15, 0.2) is 0 Å². The van der Waals surface area contributed by atoms with Crippen molar-refractivity contribution in [1.82, 2.24) is 58.8 Å². The number of piperidine rings is 4. The van der Waals surface area contributed by atoms with E-state index >= 15 is 0 Å². The molecule has 0 aromatic heterocycles. The predicted octanol–water partition coefficient (Wildman–Crippen LogP) is 29.6. The summed E-state index contributed by atoms with van der Waals surface area (Å²) in [5.41, 5.74) is 9.65. The molecule has 0 aromatic rings. The third-order valence-electron chi connectivity index (χ3n) is 44.2. The summed E-state index contributed by atoms with van der Waals surface area (Å²) in [6, 6.07) is 9.27. The first-order valence-corrected chi connectivity index (χ1v) is 62.5. The highest BCUT2D eigenvalue weighted by molar-refractivity contribution is 5.08. The Morgan fingerprint density at radius 3 is 0.348 bits per heavy atom. The van der Waals surface area contributed by atoms with Crippen molar-refractivity contribution < 1.29 is 0 Å². The van der Waals surface area contributed by atoms with Gasteiger partial charge in [0.1, 0.15) is 0 Å². The maximum Gasteiger partial charge on any atom is 0.00532 e. The molecule has 24 aliphatic rings. The van der Waals surface area contributed by atoms with E-state index in [0.717, 1.165) is 137 Å². The molecule has 0 aromatic carbocycles. The SMILES string of the molecule is CC(C)N1CC2(CC2)C1.CC(C)N1CC2(CCC2)C1.CC(C)N1CC2(CCCC2)C1.CC(C)N1CC2(CCCCC2)C1.CC(C)N1CCC2(CC1)CC2.CC(C)N1CCC2(CC2)C1.CC(C)N1CCC2(CCC2)C1.CC(C)N1CCC2(CCC2)CC1.CC(C)N1CCC2(CCCC2)C1.CC(C)N1CCC2(CCCC2)CC1.CC(C)N1CCC2(CCCCC2)C1.CC(C)N1CCC2(CCCCC2)CC1. The van der Waals surface area contributed by atoms with Gasteiger partial charge in [-0.3, -0.25) is 19.6 Å². The first kappa shape index (κ1) is 115. The summed E-state index contributed by atoms with van der Waals surface area (Å²) < 4.78 is 0. The summed E-state index contributed by atoms with van der Waals surface area (Å²) in [4.78, 5) is 31.5. The molecule has 24 fully saturated rings.